The molecule has 2 heterocycles. The maximum absolute atomic E-state index is 9.52. The lowest BCUT2D eigenvalue weighted by atomic mass is 9.84. The molecular weight excluding hydrogens is 306 g/mol. The minimum Gasteiger partial charge on any atom is -0.493 e. The van der Waals surface area contributed by atoms with E-state index in [0.717, 1.165) is 45.5 Å². The lowest BCUT2D eigenvalue weighted by molar-refractivity contribution is 0.349. The summed E-state index contributed by atoms with van der Waals surface area (Å²) in [6.07, 6.45) is 1.75. The van der Waals surface area contributed by atoms with E-state index in [2.05, 4.69) is 35.8 Å². The molecule has 2 aliphatic heterocycles. The van der Waals surface area contributed by atoms with Gasteiger partial charge in [0.25, 0.3) is 0 Å². The number of halogens is 1. The van der Waals surface area contributed by atoms with Crippen LogP contribution in [0.3, 0.4) is 0 Å². The number of rotatable bonds is 2. The Morgan fingerprint density at radius 2 is 1.74 bits per heavy atom. The zero-order valence-electron chi connectivity index (χ0n) is 11.1. The molecule has 0 spiro atoms. The summed E-state index contributed by atoms with van der Waals surface area (Å²) in [6.45, 7) is 5.55. The zero-order chi connectivity index (χ0) is 13.6. The predicted molar refractivity (Wildman–Crippen MR) is 75.7 cm³/mol. The van der Waals surface area contributed by atoms with E-state index < -0.39 is 0 Å². The average molecular weight is 322 g/mol. The summed E-state index contributed by atoms with van der Waals surface area (Å²) in [5.41, 5.74) is 3.39. The van der Waals surface area contributed by atoms with Crippen LogP contribution in [0.15, 0.2) is 4.47 Å². The summed E-state index contributed by atoms with van der Waals surface area (Å²) in [4.78, 5) is 0. The molecule has 0 bridgehead atoms. The Labute approximate surface area is 121 Å². The Hall–Kier alpha value is -1.21. The van der Waals surface area contributed by atoms with Gasteiger partial charge in [-0.15, -0.1) is 0 Å². The first kappa shape index (κ1) is 12.8. The van der Waals surface area contributed by atoms with Crippen molar-refractivity contribution in [2.75, 3.05) is 13.2 Å². The van der Waals surface area contributed by atoms with Crippen molar-refractivity contribution in [2.45, 2.75) is 32.6 Å². The number of benzene rings is 1. The molecule has 0 aliphatic carbocycles. The van der Waals surface area contributed by atoms with E-state index in [4.69, 9.17) is 9.47 Å². The van der Waals surface area contributed by atoms with E-state index in [1.165, 1.54) is 0 Å². The fourth-order valence-electron chi connectivity index (χ4n) is 2.96. The highest BCUT2D eigenvalue weighted by Gasteiger charge is 2.34. The van der Waals surface area contributed by atoms with Gasteiger partial charge in [-0.1, -0.05) is 13.8 Å². The fourth-order valence-corrected chi connectivity index (χ4v) is 3.70. The van der Waals surface area contributed by atoms with E-state index in [9.17, 15) is 5.26 Å². The quantitative estimate of drug-likeness (QED) is 0.836. The molecule has 3 rings (SSSR count). The number of nitrogens with zero attached hydrogens (tertiary/aromatic N) is 1. The summed E-state index contributed by atoms with van der Waals surface area (Å²) in [7, 11) is 0. The first-order valence-corrected chi connectivity index (χ1v) is 7.46. The second-order valence-electron chi connectivity index (χ2n) is 5.39. The Morgan fingerprint density at radius 1 is 1.11 bits per heavy atom. The standard InChI is InChI=1S/C15H16BrNO2/c1-8(2)11(7-17)12-9-3-5-19-15(9)13(16)10-4-6-18-14(10)12/h8,11H,3-6H2,1-2H3. The zero-order valence-corrected chi connectivity index (χ0v) is 12.7. The molecule has 0 fully saturated rings. The molecule has 100 valence electrons. The van der Waals surface area contributed by atoms with Gasteiger partial charge in [-0.25, -0.2) is 0 Å². The van der Waals surface area contributed by atoms with Crippen molar-refractivity contribution < 1.29 is 9.47 Å². The van der Waals surface area contributed by atoms with E-state index >= 15 is 0 Å². The molecule has 4 heteroatoms. The molecule has 0 radical (unpaired) electrons. The Bertz CT molecular complexity index is 539. The predicted octanol–water partition coefficient (Wildman–Crippen LogP) is 3.58. The highest BCUT2D eigenvalue weighted by atomic mass is 79.9. The molecule has 1 aromatic rings. The molecule has 1 aromatic carbocycles. The third kappa shape index (κ3) is 1.83. The minimum absolute atomic E-state index is 0.129. The lowest BCUT2D eigenvalue weighted by Gasteiger charge is -2.20. The summed E-state index contributed by atoms with van der Waals surface area (Å²) in [5, 5.41) is 9.52. The van der Waals surface area contributed by atoms with Crippen LogP contribution in [-0.4, -0.2) is 13.2 Å². The third-order valence-corrected chi connectivity index (χ3v) is 4.73. The van der Waals surface area contributed by atoms with Crippen LogP contribution in [0, 0.1) is 17.2 Å². The van der Waals surface area contributed by atoms with Crippen molar-refractivity contribution in [3.63, 3.8) is 0 Å². The molecule has 0 saturated heterocycles. The van der Waals surface area contributed by atoms with Crippen molar-refractivity contribution in [2.24, 2.45) is 5.92 Å². The fraction of sp³-hybridized carbons (Fsp3) is 0.533. The number of fused-ring (bicyclic) bond motifs is 2. The van der Waals surface area contributed by atoms with E-state index in [-0.39, 0.29) is 11.8 Å². The molecule has 1 atom stereocenters. The summed E-state index contributed by atoms with van der Waals surface area (Å²) in [5.74, 6) is 2.00. The maximum Gasteiger partial charge on any atom is 0.137 e. The third-order valence-electron chi connectivity index (χ3n) is 3.90. The van der Waals surface area contributed by atoms with Gasteiger partial charge in [0.1, 0.15) is 11.5 Å². The molecule has 19 heavy (non-hydrogen) atoms. The lowest BCUT2D eigenvalue weighted by Crippen LogP contribution is -2.09. The van der Waals surface area contributed by atoms with Gasteiger partial charge in [-0.2, -0.15) is 5.26 Å². The monoisotopic (exact) mass is 321 g/mol. The van der Waals surface area contributed by atoms with Gasteiger partial charge in [0.15, 0.2) is 0 Å². The van der Waals surface area contributed by atoms with Crippen molar-refractivity contribution in [3.8, 4) is 17.6 Å². The van der Waals surface area contributed by atoms with Crippen molar-refractivity contribution in [1.29, 1.82) is 5.26 Å². The maximum atomic E-state index is 9.52. The Balaban J connectivity index is 2.27. The molecule has 0 saturated carbocycles. The van der Waals surface area contributed by atoms with Gasteiger partial charge in [0.05, 0.1) is 29.7 Å². The first-order chi connectivity index (χ1) is 9.15. The van der Waals surface area contributed by atoms with Crippen LogP contribution in [0.5, 0.6) is 11.5 Å². The molecule has 2 aliphatic rings. The normalized spacial score (nSPS) is 17.4. The molecule has 3 nitrogen and oxygen atoms in total. The van der Waals surface area contributed by atoms with Crippen LogP contribution in [-0.2, 0) is 12.8 Å². The SMILES string of the molecule is CC(C)C(C#N)c1c2c(c(Br)c3c1OCC3)OCC2. The molecule has 1 unspecified atom stereocenters. The van der Waals surface area contributed by atoms with Crippen LogP contribution in [0.25, 0.3) is 0 Å². The van der Waals surface area contributed by atoms with E-state index in [0.29, 0.717) is 13.2 Å². The van der Waals surface area contributed by atoms with Crippen LogP contribution in [0.4, 0.5) is 0 Å². The van der Waals surface area contributed by atoms with E-state index in [1.807, 2.05) is 0 Å². The minimum atomic E-state index is -0.129. The second-order valence-corrected chi connectivity index (χ2v) is 6.18. The van der Waals surface area contributed by atoms with Crippen LogP contribution in [0.1, 0.15) is 36.5 Å². The highest BCUT2D eigenvalue weighted by Crippen LogP contribution is 2.50. The van der Waals surface area contributed by atoms with E-state index in [1.54, 1.807) is 0 Å². The molecule has 0 aromatic heterocycles. The number of nitriles is 1. The van der Waals surface area contributed by atoms with Gasteiger partial charge in [0, 0.05) is 29.5 Å². The van der Waals surface area contributed by atoms with Crippen LogP contribution in [0.2, 0.25) is 0 Å². The summed E-state index contributed by atoms with van der Waals surface area (Å²) in [6, 6.07) is 2.45. The van der Waals surface area contributed by atoms with Gasteiger partial charge in [0.2, 0.25) is 0 Å². The van der Waals surface area contributed by atoms with Crippen LogP contribution >= 0.6 is 15.9 Å². The topological polar surface area (TPSA) is 42.2 Å². The summed E-state index contributed by atoms with van der Waals surface area (Å²) < 4.78 is 12.6. The Morgan fingerprint density at radius 3 is 2.37 bits per heavy atom. The molecular formula is C15H16BrNO2. The highest BCUT2D eigenvalue weighted by molar-refractivity contribution is 9.10. The second kappa shape index (κ2) is 4.72. The van der Waals surface area contributed by atoms with Crippen molar-refractivity contribution in [1.82, 2.24) is 0 Å². The number of ether oxygens (including phenoxy) is 2. The Kier molecular flexibility index (Phi) is 3.18. The average Bonchev–Trinajstić information content (AvgIpc) is 3.02. The first-order valence-electron chi connectivity index (χ1n) is 6.67. The van der Waals surface area contributed by atoms with Crippen molar-refractivity contribution >= 4 is 15.9 Å². The van der Waals surface area contributed by atoms with Crippen molar-refractivity contribution in [3.05, 3.63) is 21.2 Å². The molecule has 0 amide bonds. The largest absolute Gasteiger partial charge is 0.493 e. The van der Waals surface area contributed by atoms with Gasteiger partial charge < -0.3 is 9.47 Å². The summed E-state index contributed by atoms with van der Waals surface area (Å²) >= 11 is 3.64. The van der Waals surface area contributed by atoms with Gasteiger partial charge in [-0.3, -0.25) is 0 Å². The molecule has 0 N–H and O–H groups in total. The number of hydrogen-bond acceptors (Lipinski definition) is 3. The van der Waals surface area contributed by atoms with Crippen LogP contribution < -0.4 is 9.47 Å². The smallest absolute Gasteiger partial charge is 0.137 e. The van der Waals surface area contributed by atoms with Gasteiger partial charge >= 0.3 is 0 Å². The van der Waals surface area contributed by atoms with Gasteiger partial charge in [-0.05, 0) is 21.8 Å². The number of hydrogen-bond donors (Lipinski definition) is 0.